The highest BCUT2D eigenvalue weighted by Gasteiger charge is 2.61. The van der Waals surface area contributed by atoms with Crippen LogP contribution in [-0.2, 0) is 4.74 Å². The fourth-order valence-electron chi connectivity index (χ4n) is 9.48. The molecule has 4 atom stereocenters. The van der Waals surface area contributed by atoms with Gasteiger partial charge in [0.15, 0.2) is 12.0 Å². The molecule has 2 aromatic carbocycles. The van der Waals surface area contributed by atoms with Gasteiger partial charge in [0.2, 0.25) is 0 Å². The molecule has 1 spiro atoms. The topological polar surface area (TPSA) is 109 Å². The third kappa shape index (κ3) is 5.78. The van der Waals surface area contributed by atoms with Crippen molar-refractivity contribution in [1.29, 1.82) is 0 Å². The van der Waals surface area contributed by atoms with E-state index in [0.717, 1.165) is 61.5 Å². The lowest BCUT2D eigenvalue weighted by atomic mass is 9.61. The summed E-state index contributed by atoms with van der Waals surface area (Å²) in [4.78, 5) is 27.8. The third-order valence-corrected chi connectivity index (χ3v) is 12.0. The first-order valence-electron chi connectivity index (χ1n) is 18.2. The highest BCUT2D eigenvalue weighted by Crippen LogP contribution is 2.53. The van der Waals surface area contributed by atoms with E-state index in [0.29, 0.717) is 49.6 Å². The van der Waals surface area contributed by atoms with Crippen LogP contribution in [0, 0.1) is 23.6 Å². The molecule has 0 bridgehead atoms. The third-order valence-electron chi connectivity index (χ3n) is 11.7. The molecule has 6 heterocycles. The molecule has 2 aromatic heterocycles. The predicted molar refractivity (Wildman–Crippen MR) is 195 cm³/mol. The second-order valence-electron chi connectivity index (χ2n) is 16.2. The van der Waals surface area contributed by atoms with Crippen molar-refractivity contribution in [3.05, 3.63) is 40.8 Å². The van der Waals surface area contributed by atoms with E-state index in [4.69, 9.17) is 36.1 Å². The number of anilines is 1. The number of carbonyl (C=O) groups is 1. The summed E-state index contributed by atoms with van der Waals surface area (Å²) in [6.07, 6.45) is 6.40. The number of amides is 1. The van der Waals surface area contributed by atoms with Gasteiger partial charge in [0, 0.05) is 65.6 Å². The van der Waals surface area contributed by atoms with E-state index in [-0.39, 0.29) is 51.3 Å². The average Bonchev–Trinajstić information content (AvgIpc) is 3.82. The van der Waals surface area contributed by atoms with E-state index in [9.17, 15) is 9.90 Å². The van der Waals surface area contributed by atoms with Crippen LogP contribution in [0.25, 0.3) is 32.9 Å². The van der Waals surface area contributed by atoms with E-state index < -0.39 is 11.9 Å². The number of likely N-dealkylation sites (N-methyl/N-ethyl adjacent to an activating group) is 1. The Morgan fingerprint density at radius 3 is 2.67 bits per heavy atom. The van der Waals surface area contributed by atoms with Gasteiger partial charge in [-0.25, -0.2) is 13.9 Å². The number of likely N-dealkylation sites (tertiary alicyclic amines) is 2. The maximum Gasteiger partial charge on any atom is 0.407 e. The van der Waals surface area contributed by atoms with Crippen LogP contribution in [0.5, 0.6) is 6.01 Å². The summed E-state index contributed by atoms with van der Waals surface area (Å²) in [5.41, 5.74) is 2.18. The van der Waals surface area contributed by atoms with Crippen LogP contribution in [-0.4, -0.2) is 99.3 Å². The summed E-state index contributed by atoms with van der Waals surface area (Å²) in [5, 5.41) is 16.3. The first-order valence-corrected chi connectivity index (χ1v) is 18.6. The molecule has 0 radical (unpaired) electrons. The van der Waals surface area contributed by atoms with Gasteiger partial charge in [-0.1, -0.05) is 44.5 Å². The van der Waals surface area contributed by atoms with Crippen LogP contribution in [0.4, 0.5) is 15.0 Å². The number of ether oxygens (including phenoxy) is 2. The fourth-order valence-corrected chi connectivity index (χ4v) is 9.76. The molecule has 1 N–H and O–H groups in total. The number of benzene rings is 2. The molecule has 4 saturated heterocycles. The molecule has 4 aliphatic rings. The van der Waals surface area contributed by atoms with Gasteiger partial charge in [0.25, 0.3) is 0 Å². The molecule has 4 aromatic rings. The summed E-state index contributed by atoms with van der Waals surface area (Å²) in [6.45, 7) is 11.9. The molecule has 4 aliphatic heterocycles. The molecule has 0 saturated carbocycles. The van der Waals surface area contributed by atoms with Crippen LogP contribution in [0.15, 0.2) is 24.4 Å². The first kappa shape index (κ1) is 34.4. The molecule has 4 fully saturated rings. The minimum Gasteiger partial charge on any atom is -0.465 e. The van der Waals surface area contributed by atoms with Crippen LogP contribution in [0.2, 0.25) is 5.02 Å². The Bertz CT molecular complexity index is 2010. The molecule has 272 valence electrons. The SMILES string of the molecule is Cc1ccc2cnn(C3CCCCO3)c2c1-c1c(Cl)cc2c(N3CCC4(C3)CN(C(=O)O)C4C(C)(C)C)nc(OC[C@@H]3CCCN3C)nc2c1F. The monoisotopic (exact) mass is 719 g/mol. The Labute approximate surface area is 302 Å². The van der Waals surface area contributed by atoms with Crippen molar-refractivity contribution in [2.75, 3.05) is 51.3 Å². The number of rotatable bonds is 6. The van der Waals surface area contributed by atoms with Crippen molar-refractivity contribution in [2.24, 2.45) is 10.8 Å². The Kier molecular flexibility index (Phi) is 8.58. The normalized spacial score (nSPS) is 25.7. The van der Waals surface area contributed by atoms with Crippen molar-refractivity contribution in [3.8, 4) is 17.1 Å². The second-order valence-corrected chi connectivity index (χ2v) is 16.6. The zero-order valence-corrected chi connectivity index (χ0v) is 30.8. The minimum atomic E-state index is -0.901. The molecular formula is C38H47ClFN7O4. The number of aryl methyl sites for hydroxylation is 1. The van der Waals surface area contributed by atoms with Crippen LogP contribution in [0.3, 0.4) is 0 Å². The smallest absolute Gasteiger partial charge is 0.407 e. The summed E-state index contributed by atoms with van der Waals surface area (Å²) >= 11 is 7.15. The van der Waals surface area contributed by atoms with E-state index in [1.807, 2.05) is 23.7 Å². The van der Waals surface area contributed by atoms with Crippen LogP contribution < -0.4 is 9.64 Å². The Morgan fingerprint density at radius 1 is 1.14 bits per heavy atom. The van der Waals surface area contributed by atoms with Crippen molar-refractivity contribution in [2.45, 2.75) is 84.5 Å². The van der Waals surface area contributed by atoms with Gasteiger partial charge in [-0.3, -0.25) is 0 Å². The molecule has 1 amide bonds. The Hall–Kier alpha value is -3.74. The van der Waals surface area contributed by atoms with E-state index >= 15 is 4.39 Å². The van der Waals surface area contributed by atoms with Gasteiger partial charge in [-0.05, 0) is 76.1 Å². The average molecular weight is 720 g/mol. The summed E-state index contributed by atoms with van der Waals surface area (Å²) in [6, 6.07) is 5.93. The van der Waals surface area contributed by atoms with Gasteiger partial charge in [-0.15, -0.1) is 0 Å². The molecule has 8 rings (SSSR count). The largest absolute Gasteiger partial charge is 0.465 e. The predicted octanol–water partition coefficient (Wildman–Crippen LogP) is 7.52. The lowest BCUT2D eigenvalue weighted by Gasteiger charge is -2.59. The minimum absolute atomic E-state index is 0.120. The number of hydrogen-bond donors (Lipinski definition) is 1. The number of hydrogen-bond acceptors (Lipinski definition) is 8. The maximum atomic E-state index is 17.5. The summed E-state index contributed by atoms with van der Waals surface area (Å²) in [7, 11) is 2.09. The van der Waals surface area contributed by atoms with E-state index in [2.05, 4.69) is 37.6 Å². The van der Waals surface area contributed by atoms with Gasteiger partial charge < -0.3 is 29.3 Å². The van der Waals surface area contributed by atoms with Crippen molar-refractivity contribution in [3.63, 3.8) is 0 Å². The Balaban J connectivity index is 1.26. The number of fused-ring (bicyclic) bond motifs is 2. The standard InChI is InChI=1S/C38H47ClFN7O4/c1-22-11-12-23-18-41-47(27-10-6-7-16-50-27)32(23)28(22)29-26(39)17-25-31(30(29)40)42-35(51-19-24-9-8-14-44(24)5)43-33(25)45-15-13-38(20-45)21-46(36(48)49)34(38)37(2,3)4/h11-12,17-18,24,27,34H,6-10,13-16,19-21H2,1-5H3,(H,48,49)/t24-,27?,34?,38?/m0/s1. The molecular weight excluding hydrogens is 673 g/mol. The highest BCUT2D eigenvalue weighted by molar-refractivity contribution is 6.35. The number of aromatic nitrogens is 4. The number of carboxylic acid groups (broad SMARTS) is 1. The molecule has 11 nitrogen and oxygen atoms in total. The highest BCUT2D eigenvalue weighted by atomic mass is 35.5. The van der Waals surface area contributed by atoms with Crippen molar-refractivity contribution < 1.29 is 23.8 Å². The van der Waals surface area contributed by atoms with Gasteiger partial charge in [-0.2, -0.15) is 15.1 Å². The van der Waals surface area contributed by atoms with Gasteiger partial charge in [0.1, 0.15) is 17.9 Å². The quantitative estimate of drug-likeness (QED) is 0.216. The lowest BCUT2D eigenvalue weighted by Crippen LogP contribution is -2.71. The number of halogens is 2. The van der Waals surface area contributed by atoms with Crippen molar-refractivity contribution in [1.82, 2.24) is 29.5 Å². The van der Waals surface area contributed by atoms with E-state index in [1.165, 1.54) is 0 Å². The zero-order chi connectivity index (χ0) is 35.8. The van der Waals surface area contributed by atoms with Gasteiger partial charge in [0.05, 0.1) is 16.7 Å². The molecule has 0 aliphatic carbocycles. The zero-order valence-electron chi connectivity index (χ0n) is 30.1. The fraction of sp³-hybridized carbons (Fsp3) is 0.579. The Morgan fingerprint density at radius 2 is 1.96 bits per heavy atom. The lowest BCUT2D eigenvalue weighted by molar-refractivity contribution is -0.0946. The molecule has 3 unspecified atom stereocenters. The molecule has 13 heteroatoms. The summed E-state index contributed by atoms with van der Waals surface area (Å²) in [5.74, 6) is 0.00934. The van der Waals surface area contributed by atoms with Gasteiger partial charge >= 0.3 is 12.1 Å². The van der Waals surface area contributed by atoms with Crippen molar-refractivity contribution >= 4 is 45.3 Å². The first-order chi connectivity index (χ1) is 24.4. The molecule has 51 heavy (non-hydrogen) atoms. The summed E-state index contributed by atoms with van der Waals surface area (Å²) < 4.78 is 31.7. The van der Waals surface area contributed by atoms with Crippen LogP contribution >= 0.6 is 11.6 Å². The van der Waals surface area contributed by atoms with E-state index in [1.54, 1.807) is 17.2 Å². The maximum absolute atomic E-state index is 17.5. The van der Waals surface area contributed by atoms with Crippen LogP contribution in [0.1, 0.15) is 71.1 Å². The second kappa shape index (κ2) is 12.7. The number of nitrogens with zero attached hydrogens (tertiary/aromatic N) is 7.